The molecule has 10 heteroatoms. The minimum atomic E-state index is -4.14. The highest BCUT2D eigenvalue weighted by Gasteiger charge is 2.27. The van der Waals surface area contributed by atoms with Gasteiger partial charge in [0.2, 0.25) is 11.0 Å². The van der Waals surface area contributed by atoms with Crippen LogP contribution in [0.4, 0.5) is 15.2 Å². The van der Waals surface area contributed by atoms with Gasteiger partial charge in [0.25, 0.3) is 10.0 Å². The maximum Gasteiger partial charge on any atom is 0.264 e. The third-order valence-electron chi connectivity index (χ3n) is 4.70. The molecule has 0 radical (unpaired) electrons. The molecule has 0 saturated heterocycles. The fourth-order valence-corrected chi connectivity index (χ4v) is 5.21. The largest absolute Gasteiger partial charge is 0.299 e. The van der Waals surface area contributed by atoms with Gasteiger partial charge in [0.1, 0.15) is 17.4 Å². The number of hydrogen-bond acceptors (Lipinski definition) is 6. The van der Waals surface area contributed by atoms with Crippen molar-refractivity contribution in [2.75, 3.05) is 16.2 Å². The van der Waals surface area contributed by atoms with E-state index in [4.69, 9.17) is 0 Å². The summed E-state index contributed by atoms with van der Waals surface area (Å²) in [4.78, 5) is 12.7. The Labute approximate surface area is 194 Å². The minimum absolute atomic E-state index is 0.125. The number of nitrogens with zero attached hydrogens (tertiary/aromatic N) is 3. The van der Waals surface area contributed by atoms with E-state index in [2.05, 4.69) is 15.5 Å². The standard InChI is InChI=1S/C23H19FN4O3S2/c1-16-7-11-19(12-8-16)28(33(30,31)20-13-9-18(24)10-14-20)15-21(29)25-23-27-26-22(32-23)17-5-3-2-4-6-17/h2-14H,15H2,1H3,(H,25,27,29). The van der Waals surface area contributed by atoms with E-state index in [1.54, 1.807) is 24.3 Å². The molecular formula is C23H19FN4O3S2. The van der Waals surface area contributed by atoms with E-state index in [-0.39, 0.29) is 10.0 Å². The van der Waals surface area contributed by atoms with Gasteiger partial charge in [0.05, 0.1) is 10.6 Å². The molecule has 0 bridgehead atoms. The molecule has 0 fully saturated rings. The first-order valence-electron chi connectivity index (χ1n) is 9.87. The number of benzene rings is 3. The Balaban J connectivity index is 1.59. The van der Waals surface area contributed by atoms with Crippen LogP contribution in [-0.2, 0) is 14.8 Å². The molecule has 168 valence electrons. The third kappa shape index (κ3) is 5.24. The number of aromatic nitrogens is 2. The van der Waals surface area contributed by atoms with Crippen LogP contribution < -0.4 is 9.62 Å². The lowest BCUT2D eigenvalue weighted by Gasteiger charge is -2.24. The molecular weight excluding hydrogens is 463 g/mol. The van der Waals surface area contributed by atoms with Crippen molar-refractivity contribution in [3.05, 3.63) is 90.2 Å². The van der Waals surface area contributed by atoms with Gasteiger partial charge in [-0.05, 0) is 43.3 Å². The van der Waals surface area contributed by atoms with E-state index < -0.39 is 28.3 Å². The second-order valence-electron chi connectivity index (χ2n) is 7.13. The van der Waals surface area contributed by atoms with E-state index in [1.807, 2.05) is 37.3 Å². The lowest BCUT2D eigenvalue weighted by Crippen LogP contribution is -2.38. The molecule has 0 aliphatic heterocycles. The van der Waals surface area contributed by atoms with Crippen LogP contribution in [0.2, 0.25) is 0 Å². The van der Waals surface area contributed by atoms with Crippen LogP contribution in [0.25, 0.3) is 10.6 Å². The Morgan fingerprint density at radius 3 is 2.30 bits per heavy atom. The van der Waals surface area contributed by atoms with Crippen molar-refractivity contribution in [2.24, 2.45) is 0 Å². The average Bonchev–Trinajstić information content (AvgIpc) is 3.27. The molecule has 4 rings (SSSR count). The lowest BCUT2D eigenvalue weighted by atomic mass is 10.2. The second kappa shape index (κ2) is 9.47. The Morgan fingerprint density at radius 1 is 0.970 bits per heavy atom. The van der Waals surface area contributed by atoms with Crippen LogP contribution in [0.1, 0.15) is 5.56 Å². The molecule has 7 nitrogen and oxygen atoms in total. The van der Waals surface area contributed by atoms with Gasteiger partial charge in [-0.25, -0.2) is 12.8 Å². The first kappa shape index (κ1) is 22.6. The van der Waals surface area contributed by atoms with Crippen molar-refractivity contribution in [3.8, 4) is 10.6 Å². The van der Waals surface area contributed by atoms with E-state index >= 15 is 0 Å². The summed E-state index contributed by atoms with van der Waals surface area (Å²) in [7, 11) is -4.14. The van der Waals surface area contributed by atoms with Crippen LogP contribution in [0.15, 0.2) is 83.8 Å². The SMILES string of the molecule is Cc1ccc(N(CC(=O)Nc2nnc(-c3ccccc3)s2)S(=O)(=O)c2ccc(F)cc2)cc1. The van der Waals surface area contributed by atoms with Gasteiger partial charge in [-0.2, -0.15) is 0 Å². The maximum atomic E-state index is 13.3. The molecule has 3 aromatic carbocycles. The Bertz CT molecular complexity index is 1360. The normalized spacial score (nSPS) is 11.2. The molecule has 0 aliphatic rings. The van der Waals surface area contributed by atoms with Crippen molar-refractivity contribution in [3.63, 3.8) is 0 Å². The molecule has 0 saturated carbocycles. The highest BCUT2D eigenvalue weighted by atomic mass is 32.2. The Kier molecular flexibility index (Phi) is 6.47. The van der Waals surface area contributed by atoms with Gasteiger partial charge in [-0.1, -0.05) is 59.4 Å². The predicted octanol–water partition coefficient (Wildman–Crippen LogP) is 4.49. The summed E-state index contributed by atoms with van der Waals surface area (Å²) in [6.07, 6.45) is 0. The van der Waals surface area contributed by atoms with E-state index in [0.29, 0.717) is 10.7 Å². The molecule has 1 heterocycles. The van der Waals surface area contributed by atoms with E-state index in [1.165, 1.54) is 23.5 Å². The van der Waals surface area contributed by atoms with Crippen molar-refractivity contribution in [1.29, 1.82) is 0 Å². The summed E-state index contributed by atoms with van der Waals surface area (Å²) in [6.45, 7) is 1.37. The fraction of sp³-hybridized carbons (Fsp3) is 0.0870. The molecule has 0 unspecified atom stereocenters. The highest BCUT2D eigenvalue weighted by Crippen LogP contribution is 2.27. The summed E-state index contributed by atoms with van der Waals surface area (Å²) in [5, 5.41) is 11.6. The number of hydrogen-bond donors (Lipinski definition) is 1. The summed E-state index contributed by atoms with van der Waals surface area (Å²) in [5.41, 5.74) is 2.10. The molecule has 1 N–H and O–H groups in total. The van der Waals surface area contributed by atoms with Crippen LogP contribution in [0.5, 0.6) is 0 Å². The van der Waals surface area contributed by atoms with Crippen molar-refractivity contribution >= 4 is 38.1 Å². The van der Waals surface area contributed by atoms with Crippen molar-refractivity contribution in [2.45, 2.75) is 11.8 Å². The number of rotatable bonds is 7. The Morgan fingerprint density at radius 2 is 1.64 bits per heavy atom. The monoisotopic (exact) mass is 482 g/mol. The van der Waals surface area contributed by atoms with Gasteiger partial charge >= 0.3 is 0 Å². The third-order valence-corrected chi connectivity index (χ3v) is 7.38. The zero-order valence-corrected chi connectivity index (χ0v) is 19.1. The highest BCUT2D eigenvalue weighted by molar-refractivity contribution is 7.92. The minimum Gasteiger partial charge on any atom is -0.299 e. The number of halogens is 1. The Hall–Kier alpha value is -3.63. The first-order valence-corrected chi connectivity index (χ1v) is 12.1. The zero-order valence-electron chi connectivity index (χ0n) is 17.5. The first-order chi connectivity index (χ1) is 15.8. The number of carbonyl (C=O) groups is 1. The average molecular weight is 483 g/mol. The molecule has 0 spiro atoms. The summed E-state index contributed by atoms with van der Waals surface area (Å²) in [6, 6.07) is 20.6. The quantitative estimate of drug-likeness (QED) is 0.419. The van der Waals surface area contributed by atoms with Gasteiger partial charge in [0, 0.05) is 5.56 Å². The fourth-order valence-electron chi connectivity index (χ4n) is 3.02. The van der Waals surface area contributed by atoms with Crippen LogP contribution in [-0.4, -0.2) is 31.1 Å². The van der Waals surface area contributed by atoms with Gasteiger partial charge in [-0.15, -0.1) is 10.2 Å². The molecule has 33 heavy (non-hydrogen) atoms. The number of sulfonamides is 1. The lowest BCUT2D eigenvalue weighted by molar-refractivity contribution is -0.114. The number of aryl methyl sites for hydroxylation is 1. The summed E-state index contributed by atoms with van der Waals surface area (Å²) in [5.74, 6) is -1.14. The second-order valence-corrected chi connectivity index (χ2v) is 9.97. The molecule has 0 aliphatic carbocycles. The number of anilines is 2. The number of nitrogens with one attached hydrogen (secondary N) is 1. The van der Waals surface area contributed by atoms with Gasteiger partial charge in [-0.3, -0.25) is 14.4 Å². The molecule has 1 aromatic heterocycles. The number of carbonyl (C=O) groups excluding carboxylic acids is 1. The van der Waals surface area contributed by atoms with Crippen LogP contribution >= 0.6 is 11.3 Å². The van der Waals surface area contributed by atoms with E-state index in [9.17, 15) is 17.6 Å². The van der Waals surface area contributed by atoms with Gasteiger partial charge in [0.15, 0.2) is 0 Å². The van der Waals surface area contributed by atoms with E-state index in [0.717, 1.165) is 27.6 Å². The van der Waals surface area contributed by atoms with Crippen LogP contribution in [0, 0.1) is 12.7 Å². The molecule has 0 atom stereocenters. The maximum absolute atomic E-state index is 13.3. The molecule has 4 aromatic rings. The topological polar surface area (TPSA) is 92.3 Å². The zero-order chi connectivity index (χ0) is 23.4. The number of amides is 1. The van der Waals surface area contributed by atoms with Crippen molar-refractivity contribution < 1.29 is 17.6 Å². The van der Waals surface area contributed by atoms with Gasteiger partial charge < -0.3 is 0 Å². The smallest absolute Gasteiger partial charge is 0.264 e. The summed E-state index contributed by atoms with van der Waals surface area (Å²) < 4.78 is 40.9. The predicted molar refractivity (Wildman–Crippen MR) is 126 cm³/mol. The molecule has 1 amide bonds. The van der Waals surface area contributed by atoms with Crippen molar-refractivity contribution in [1.82, 2.24) is 10.2 Å². The summed E-state index contributed by atoms with van der Waals surface area (Å²) >= 11 is 1.18. The van der Waals surface area contributed by atoms with Crippen LogP contribution in [0.3, 0.4) is 0 Å².